The molecule has 0 saturated carbocycles. The van der Waals surface area contributed by atoms with Gasteiger partial charge in [0.15, 0.2) is 0 Å². The summed E-state index contributed by atoms with van der Waals surface area (Å²) in [5.74, 6) is 1.41. The van der Waals surface area contributed by atoms with Gasteiger partial charge in [-0.3, -0.25) is 0 Å². The first-order valence-corrected chi connectivity index (χ1v) is 6.72. The molecule has 6 nitrogen and oxygen atoms in total. The average Bonchev–Trinajstić information content (AvgIpc) is 3.03. The molecule has 0 amide bonds. The molecule has 22 heavy (non-hydrogen) atoms. The Kier molecular flexibility index (Phi) is 3.65. The van der Waals surface area contributed by atoms with Crippen LogP contribution >= 0.6 is 0 Å². The third-order valence-electron chi connectivity index (χ3n) is 3.35. The van der Waals surface area contributed by atoms with Crippen LogP contribution in [-0.2, 0) is 0 Å². The van der Waals surface area contributed by atoms with Crippen LogP contribution in [-0.4, -0.2) is 29.2 Å². The topological polar surface area (TPSA) is 75.2 Å². The minimum Gasteiger partial charge on any atom is -0.497 e. The van der Waals surface area contributed by atoms with E-state index in [1.54, 1.807) is 25.1 Å². The second-order valence-corrected chi connectivity index (χ2v) is 4.69. The molecule has 0 aliphatic heterocycles. The molecule has 2 N–H and O–H groups in total. The van der Waals surface area contributed by atoms with Crippen molar-refractivity contribution in [2.45, 2.75) is 0 Å². The molecule has 1 heterocycles. The van der Waals surface area contributed by atoms with Gasteiger partial charge in [0.1, 0.15) is 11.5 Å². The highest BCUT2D eigenvalue weighted by Gasteiger charge is 2.14. The highest BCUT2D eigenvalue weighted by Crippen LogP contribution is 2.33. The van der Waals surface area contributed by atoms with Gasteiger partial charge in [-0.05, 0) is 30.3 Å². The Bertz CT molecular complexity index is 798. The molecule has 0 fully saturated rings. The standard InChI is InChI=1S/C16H16N4O2/c1-21-13-6-7-14(16(9-13)22-2)15-10-18-19-20(15)12-5-3-4-11(17)8-12/h3-10H,17H2,1-2H3. The van der Waals surface area contributed by atoms with Gasteiger partial charge in [-0.15, -0.1) is 5.10 Å². The first-order valence-electron chi connectivity index (χ1n) is 6.72. The van der Waals surface area contributed by atoms with Crippen LogP contribution in [0.1, 0.15) is 0 Å². The van der Waals surface area contributed by atoms with Gasteiger partial charge < -0.3 is 15.2 Å². The zero-order valence-corrected chi connectivity index (χ0v) is 12.4. The molecule has 6 heteroatoms. The molecule has 3 rings (SSSR count). The van der Waals surface area contributed by atoms with Crippen molar-refractivity contribution >= 4 is 5.69 Å². The summed E-state index contributed by atoms with van der Waals surface area (Å²) in [5, 5.41) is 8.15. The summed E-state index contributed by atoms with van der Waals surface area (Å²) < 4.78 is 12.4. The van der Waals surface area contributed by atoms with E-state index in [9.17, 15) is 0 Å². The number of nitrogens with zero attached hydrogens (tertiary/aromatic N) is 3. The highest BCUT2D eigenvalue weighted by atomic mass is 16.5. The molecule has 0 atom stereocenters. The molecule has 0 bridgehead atoms. The number of hydrogen-bond donors (Lipinski definition) is 1. The SMILES string of the molecule is COc1ccc(-c2cnnn2-c2cccc(N)c2)c(OC)c1. The summed E-state index contributed by atoms with van der Waals surface area (Å²) in [5.41, 5.74) is 9.03. The maximum atomic E-state index is 5.84. The Balaban J connectivity index is 2.13. The van der Waals surface area contributed by atoms with Crippen LogP contribution < -0.4 is 15.2 Å². The minimum absolute atomic E-state index is 0.667. The van der Waals surface area contributed by atoms with Crippen molar-refractivity contribution < 1.29 is 9.47 Å². The Morgan fingerprint density at radius 1 is 1.05 bits per heavy atom. The molecule has 0 spiro atoms. The van der Waals surface area contributed by atoms with Gasteiger partial charge in [0.25, 0.3) is 0 Å². The summed E-state index contributed by atoms with van der Waals surface area (Å²) >= 11 is 0. The maximum Gasteiger partial charge on any atom is 0.132 e. The monoisotopic (exact) mass is 296 g/mol. The molecular formula is C16H16N4O2. The van der Waals surface area contributed by atoms with E-state index >= 15 is 0 Å². The van der Waals surface area contributed by atoms with Crippen molar-refractivity contribution in [3.8, 4) is 28.4 Å². The van der Waals surface area contributed by atoms with Crippen LogP contribution in [0.15, 0.2) is 48.7 Å². The number of hydrogen-bond acceptors (Lipinski definition) is 5. The molecule has 0 aliphatic rings. The Hall–Kier alpha value is -3.02. The van der Waals surface area contributed by atoms with E-state index in [4.69, 9.17) is 15.2 Å². The second-order valence-electron chi connectivity index (χ2n) is 4.69. The van der Waals surface area contributed by atoms with Crippen LogP contribution in [0.3, 0.4) is 0 Å². The number of methoxy groups -OCH3 is 2. The van der Waals surface area contributed by atoms with Gasteiger partial charge in [0.05, 0.1) is 31.8 Å². The van der Waals surface area contributed by atoms with Gasteiger partial charge in [-0.1, -0.05) is 11.3 Å². The lowest BCUT2D eigenvalue weighted by atomic mass is 10.1. The predicted molar refractivity (Wildman–Crippen MR) is 84.3 cm³/mol. The quantitative estimate of drug-likeness (QED) is 0.749. The van der Waals surface area contributed by atoms with Crippen LogP contribution in [0, 0.1) is 0 Å². The first kappa shape index (κ1) is 13.9. The molecule has 0 unspecified atom stereocenters. The van der Waals surface area contributed by atoms with E-state index < -0.39 is 0 Å². The molecule has 2 aromatic carbocycles. The molecule has 112 valence electrons. The first-order chi connectivity index (χ1) is 10.7. The van der Waals surface area contributed by atoms with Crippen LogP contribution in [0.2, 0.25) is 0 Å². The van der Waals surface area contributed by atoms with Crippen molar-refractivity contribution in [2.75, 3.05) is 20.0 Å². The lowest BCUT2D eigenvalue weighted by molar-refractivity contribution is 0.395. The van der Waals surface area contributed by atoms with Crippen molar-refractivity contribution in [2.24, 2.45) is 0 Å². The maximum absolute atomic E-state index is 5.84. The fourth-order valence-electron chi connectivity index (χ4n) is 2.28. The highest BCUT2D eigenvalue weighted by molar-refractivity contribution is 5.70. The van der Waals surface area contributed by atoms with Gasteiger partial charge in [0, 0.05) is 17.3 Å². The number of ether oxygens (including phenoxy) is 2. The van der Waals surface area contributed by atoms with Crippen LogP contribution in [0.5, 0.6) is 11.5 Å². The zero-order chi connectivity index (χ0) is 15.5. The Morgan fingerprint density at radius 3 is 2.64 bits per heavy atom. The van der Waals surface area contributed by atoms with E-state index in [0.29, 0.717) is 11.4 Å². The lowest BCUT2D eigenvalue weighted by Crippen LogP contribution is -2.01. The molecule has 0 saturated heterocycles. The molecule has 0 aliphatic carbocycles. The summed E-state index contributed by atoms with van der Waals surface area (Å²) in [7, 11) is 3.24. The molecule has 0 radical (unpaired) electrons. The van der Waals surface area contributed by atoms with Gasteiger partial charge in [-0.2, -0.15) is 0 Å². The van der Waals surface area contributed by atoms with Crippen molar-refractivity contribution in [1.82, 2.24) is 15.0 Å². The van der Waals surface area contributed by atoms with Crippen molar-refractivity contribution in [1.29, 1.82) is 0 Å². The number of anilines is 1. The number of rotatable bonds is 4. The molecule has 3 aromatic rings. The Morgan fingerprint density at radius 2 is 1.91 bits per heavy atom. The van der Waals surface area contributed by atoms with Gasteiger partial charge in [0.2, 0.25) is 0 Å². The number of nitrogens with two attached hydrogens (primary N) is 1. The average molecular weight is 296 g/mol. The summed E-state index contributed by atoms with van der Waals surface area (Å²) in [6.45, 7) is 0. The van der Waals surface area contributed by atoms with E-state index in [0.717, 1.165) is 22.7 Å². The number of aromatic nitrogens is 3. The molecular weight excluding hydrogens is 280 g/mol. The second kappa shape index (κ2) is 5.77. The fraction of sp³-hybridized carbons (Fsp3) is 0.125. The van der Waals surface area contributed by atoms with E-state index in [-0.39, 0.29) is 0 Å². The van der Waals surface area contributed by atoms with Gasteiger partial charge in [-0.25, -0.2) is 4.68 Å². The summed E-state index contributed by atoms with van der Waals surface area (Å²) in [6, 6.07) is 13.1. The van der Waals surface area contributed by atoms with Crippen molar-refractivity contribution in [3.63, 3.8) is 0 Å². The predicted octanol–water partition coefficient (Wildman–Crippen LogP) is 2.53. The Labute approximate surface area is 128 Å². The largest absolute Gasteiger partial charge is 0.497 e. The van der Waals surface area contributed by atoms with Crippen LogP contribution in [0.25, 0.3) is 16.9 Å². The van der Waals surface area contributed by atoms with E-state index in [2.05, 4.69) is 10.3 Å². The smallest absolute Gasteiger partial charge is 0.132 e. The number of nitrogen functional groups attached to an aromatic ring is 1. The normalized spacial score (nSPS) is 10.5. The zero-order valence-electron chi connectivity index (χ0n) is 12.4. The van der Waals surface area contributed by atoms with Crippen LogP contribution in [0.4, 0.5) is 5.69 Å². The lowest BCUT2D eigenvalue weighted by Gasteiger charge is -2.12. The minimum atomic E-state index is 0.667. The third-order valence-corrected chi connectivity index (χ3v) is 3.35. The van der Waals surface area contributed by atoms with E-state index in [1.165, 1.54) is 0 Å². The van der Waals surface area contributed by atoms with Crippen molar-refractivity contribution in [3.05, 3.63) is 48.7 Å². The third kappa shape index (κ3) is 2.46. The van der Waals surface area contributed by atoms with Gasteiger partial charge >= 0.3 is 0 Å². The fourth-order valence-corrected chi connectivity index (χ4v) is 2.28. The number of benzene rings is 2. The van der Waals surface area contributed by atoms with E-state index in [1.807, 2.05) is 42.5 Å². The summed E-state index contributed by atoms with van der Waals surface area (Å²) in [4.78, 5) is 0. The summed E-state index contributed by atoms with van der Waals surface area (Å²) in [6.07, 6.45) is 1.69. The molecule has 1 aromatic heterocycles.